The third kappa shape index (κ3) is 4.43. The van der Waals surface area contributed by atoms with Crippen LogP contribution in [0.3, 0.4) is 0 Å². The minimum absolute atomic E-state index is 0.0945. The molecule has 0 aliphatic heterocycles. The lowest BCUT2D eigenvalue weighted by molar-refractivity contribution is 0.103. The summed E-state index contributed by atoms with van der Waals surface area (Å²) in [5.41, 5.74) is 3.16. The molecule has 192 valence electrons. The molecule has 1 amide bonds. The van der Waals surface area contributed by atoms with Gasteiger partial charge in [-0.15, -0.1) is 0 Å². The Balaban J connectivity index is 1.35. The van der Waals surface area contributed by atoms with Crippen LogP contribution in [0.5, 0.6) is 11.8 Å². The topological polar surface area (TPSA) is 106 Å². The van der Waals surface area contributed by atoms with E-state index in [1.807, 2.05) is 31.2 Å². The molecule has 0 N–H and O–H groups in total. The van der Waals surface area contributed by atoms with Crippen LogP contribution >= 0.6 is 0 Å². The van der Waals surface area contributed by atoms with Crippen molar-refractivity contribution in [2.45, 2.75) is 51.2 Å². The number of hydrogen-bond acceptors (Lipinski definition) is 7. The highest BCUT2D eigenvalue weighted by molar-refractivity contribution is 5.95. The highest BCUT2D eigenvalue weighted by Crippen LogP contribution is 2.43. The van der Waals surface area contributed by atoms with Gasteiger partial charge in [0.15, 0.2) is 0 Å². The lowest BCUT2D eigenvalue weighted by Gasteiger charge is -2.30. The average Bonchev–Trinajstić information content (AvgIpc) is 3.72. The van der Waals surface area contributed by atoms with Crippen LogP contribution < -0.4 is 9.64 Å². The first-order valence-electron chi connectivity index (χ1n) is 13.0. The molecule has 6 rings (SSSR count). The fourth-order valence-corrected chi connectivity index (χ4v) is 4.94. The molecule has 9 heteroatoms. The lowest BCUT2D eigenvalue weighted by Crippen LogP contribution is -2.31. The highest BCUT2D eigenvalue weighted by atomic mass is 16.6. The number of benzene rings is 1. The summed E-state index contributed by atoms with van der Waals surface area (Å²) in [7, 11) is 1.66. The Morgan fingerprint density at radius 3 is 2.55 bits per heavy atom. The number of fused-ring (bicyclic) bond motifs is 1. The van der Waals surface area contributed by atoms with Crippen molar-refractivity contribution >= 4 is 22.8 Å². The van der Waals surface area contributed by atoms with Gasteiger partial charge in [0.1, 0.15) is 23.7 Å². The van der Waals surface area contributed by atoms with Crippen molar-refractivity contribution in [3.8, 4) is 29.1 Å². The minimum atomic E-state index is -0.416. The van der Waals surface area contributed by atoms with Crippen molar-refractivity contribution < 1.29 is 14.3 Å². The van der Waals surface area contributed by atoms with E-state index in [2.05, 4.69) is 25.6 Å². The largest absolute Gasteiger partial charge is 0.446 e. The van der Waals surface area contributed by atoms with Crippen LogP contribution in [0, 0.1) is 17.2 Å². The van der Waals surface area contributed by atoms with E-state index in [-0.39, 0.29) is 18.2 Å². The Morgan fingerprint density at radius 2 is 1.92 bits per heavy atom. The Morgan fingerprint density at radius 1 is 1.13 bits per heavy atom. The zero-order valence-electron chi connectivity index (χ0n) is 21.4. The molecule has 1 atom stereocenters. The van der Waals surface area contributed by atoms with Gasteiger partial charge in [-0.3, -0.25) is 4.90 Å². The van der Waals surface area contributed by atoms with E-state index >= 15 is 0 Å². The molecule has 1 aromatic carbocycles. The van der Waals surface area contributed by atoms with Gasteiger partial charge < -0.3 is 14.0 Å². The van der Waals surface area contributed by atoms with E-state index in [1.54, 1.807) is 37.8 Å². The standard InChI is InChI=1S/C29H28N6O3/c1-18(19-7-8-19)37-29(36)34(2)26-12-9-20(17-33-26)27-24(16-30)23-11-10-22(38-28-31-13-4-14-32-28)15-25(23)35(27)21-5-3-6-21/h4,9-15,17-19,21H,3,5-8H2,1-2H3/t18-/m1/s1. The predicted molar refractivity (Wildman–Crippen MR) is 142 cm³/mol. The highest BCUT2D eigenvalue weighted by Gasteiger charge is 2.32. The quantitative estimate of drug-likeness (QED) is 0.290. The monoisotopic (exact) mass is 508 g/mol. The van der Waals surface area contributed by atoms with Crippen LogP contribution in [0.1, 0.15) is 50.6 Å². The Bertz CT molecular complexity index is 1520. The smallest absolute Gasteiger partial charge is 0.415 e. The van der Waals surface area contributed by atoms with Gasteiger partial charge in [0, 0.05) is 48.7 Å². The summed E-state index contributed by atoms with van der Waals surface area (Å²) in [6.07, 6.45) is 9.90. The van der Waals surface area contributed by atoms with Gasteiger partial charge in [-0.25, -0.2) is 19.7 Å². The van der Waals surface area contributed by atoms with Gasteiger partial charge in [-0.1, -0.05) is 0 Å². The van der Waals surface area contributed by atoms with Crippen molar-refractivity contribution in [2.24, 2.45) is 5.92 Å². The van der Waals surface area contributed by atoms with Gasteiger partial charge in [-0.2, -0.15) is 5.26 Å². The zero-order chi connectivity index (χ0) is 26.2. The molecule has 0 radical (unpaired) electrons. The summed E-state index contributed by atoms with van der Waals surface area (Å²) < 4.78 is 13.7. The van der Waals surface area contributed by atoms with Crippen molar-refractivity contribution in [1.82, 2.24) is 19.5 Å². The van der Waals surface area contributed by atoms with E-state index in [0.29, 0.717) is 23.0 Å². The molecular weight excluding hydrogens is 480 g/mol. The number of pyridine rings is 1. The van der Waals surface area contributed by atoms with Crippen molar-refractivity contribution in [3.63, 3.8) is 0 Å². The number of anilines is 1. The summed E-state index contributed by atoms with van der Waals surface area (Å²) in [6, 6.07) is 14.1. The number of carbonyl (C=O) groups excluding carboxylic acids is 1. The van der Waals surface area contributed by atoms with Gasteiger partial charge in [-0.05, 0) is 75.3 Å². The average molecular weight is 509 g/mol. The second-order valence-electron chi connectivity index (χ2n) is 9.99. The van der Waals surface area contributed by atoms with Crippen molar-refractivity contribution in [1.29, 1.82) is 5.26 Å². The number of carbonyl (C=O) groups is 1. The SMILES string of the molecule is C[C@@H](OC(=O)N(C)c1ccc(-c2c(C#N)c3ccc(Oc4ncccn4)cc3n2C2CCC2)cn1)C1CC1. The van der Waals surface area contributed by atoms with Crippen molar-refractivity contribution in [2.75, 3.05) is 11.9 Å². The van der Waals surface area contributed by atoms with Crippen LogP contribution in [-0.4, -0.2) is 38.8 Å². The Kier molecular flexibility index (Phi) is 6.16. The number of nitrogens with zero attached hydrogens (tertiary/aromatic N) is 6. The first kappa shape index (κ1) is 23.9. The van der Waals surface area contributed by atoms with Crippen molar-refractivity contribution in [3.05, 3.63) is 60.6 Å². The molecule has 2 aliphatic carbocycles. The normalized spacial score (nSPS) is 15.9. The Labute approximate surface area is 220 Å². The molecule has 2 aliphatic rings. The fraction of sp³-hybridized carbons (Fsp3) is 0.345. The van der Waals surface area contributed by atoms with Crippen LogP contribution in [0.2, 0.25) is 0 Å². The summed E-state index contributed by atoms with van der Waals surface area (Å²) in [6.45, 7) is 1.94. The van der Waals surface area contributed by atoms with E-state index in [9.17, 15) is 10.1 Å². The summed E-state index contributed by atoms with van der Waals surface area (Å²) in [4.78, 5) is 26.9. The fourth-order valence-electron chi connectivity index (χ4n) is 4.94. The maximum Gasteiger partial charge on any atom is 0.415 e. The molecule has 0 spiro atoms. The first-order valence-corrected chi connectivity index (χ1v) is 13.0. The maximum atomic E-state index is 12.6. The molecule has 2 saturated carbocycles. The number of ether oxygens (including phenoxy) is 2. The van der Waals surface area contributed by atoms with Gasteiger partial charge in [0.25, 0.3) is 0 Å². The number of hydrogen-bond donors (Lipinski definition) is 0. The lowest BCUT2D eigenvalue weighted by atomic mass is 9.92. The maximum absolute atomic E-state index is 12.6. The van der Waals surface area contributed by atoms with Gasteiger partial charge in [0.2, 0.25) is 0 Å². The van der Waals surface area contributed by atoms with Crippen LogP contribution in [-0.2, 0) is 4.74 Å². The van der Waals surface area contributed by atoms with E-state index in [4.69, 9.17) is 9.47 Å². The predicted octanol–water partition coefficient (Wildman–Crippen LogP) is 6.25. The molecule has 3 aromatic heterocycles. The van der Waals surface area contributed by atoms with E-state index < -0.39 is 6.09 Å². The van der Waals surface area contributed by atoms with Crippen LogP contribution in [0.25, 0.3) is 22.2 Å². The number of rotatable bonds is 7. The molecule has 0 saturated heterocycles. The molecule has 4 aromatic rings. The van der Waals surface area contributed by atoms with E-state index in [0.717, 1.165) is 54.3 Å². The van der Waals surface area contributed by atoms with Gasteiger partial charge >= 0.3 is 12.1 Å². The third-order valence-electron chi connectivity index (χ3n) is 7.49. The zero-order valence-corrected chi connectivity index (χ0v) is 21.4. The number of nitriles is 1. The molecule has 38 heavy (non-hydrogen) atoms. The minimum Gasteiger partial charge on any atom is -0.446 e. The van der Waals surface area contributed by atoms with Gasteiger partial charge in [0.05, 0.1) is 16.8 Å². The Hall–Kier alpha value is -4.45. The molecule has 3 heterocycles. The second-order valence-corrected chi connectivity index (χ2v) is 9.99. The summed E-state index contributed by atoms with van der Waals surface area (Å²) in [5, 5.41) is 11.1. The second kappa shape index (κ2) is 9.78. The van der Waals surface area contributed by atoms with Crippen LogP contribution in [0.15, 0.2) is 55.0 Å². The number of amides is 1. The van der Waals surface area contributed by atoms with E-state index in [1.165, 1.54) is 4.90 Å². The first-order chi connectivity index (χ1) is 18.5. The molecule has 9 nitrogen and oxygen atoms in total. The third-order valence-corrected chi connectivity index (χ3v) is 7.49. The summed E-state index contributed by atoms with van der Waals surface area (Å²) in [5.74, 6) is 1.56. The molecule has 0 unspecified atom stereocenters. The molecular formula is C29H28N6O3. The number of aromatic nitrogens is 4. The van der Waals surface area contributed by atoms with Crippen LogP contribution in [0.4, 0.5) is 10.6 Å². The molecule has 2 fully saturated rings. The summed E-state index contributed by atoms with van der Waals surface area (Å²) >= 11 is 0. The molecule has 0 bridgehead atoms.